The van der Waals surface area contributed by atoms with Gasteiger partial charge in [-0.05, 0) is 43.2 Å². The molecule has 0 aliphatic carbocycles. The smallest absolute Gasteiger partial charge is 0.256 e. The highest BCUT2D eigenvalue weighted by molar-refractivity contribution is 6.35. The Hall–Kier alpha value is -2.11. The molecule has 0 saturated carbocycles. The first-order valence-electron chi connectivity index (χ1n) is 7.54. The van der Waals surface area contributed by atoms with Crippen molar-refractivity contribution >= 4 is 40.8 Å². The summed E-state index contributed by atoms with van der Waals surface area (Å²) >= 11 is 12.1. The summed E-state index contributed by atoms with van der Waals surface area (Å²) in [5, 5.41) is 3.49. The molecule has 1 aliphatic heterocycles. The van der Waals surface area contributed by atoms with Gasteiger partial charge in [0, 0.05) is 17.8 Å². The predicted molar refractivity (Wildman–Crippen MR) is 93.4 cm³/mol. The van der Waals surface area contributed by atoms with Crippen molar-refractivity contribution in [3.63, 3.8) is 0 Å². The number of pyridine rings is 1. The van der Waals surface area contributed by atoms with Crippen LogP contribution in [0.3, 0.4) is 0 Å². The molecule has 0 bridgehead atoms. The van der Waals surface area contributed by atoms with Gasteiger partial charge in [-0.1, -0.05) is 29.3 Å². The Labute approximate surface area is 149 Å². The van der Waals surface area contributed by atoms with E-state index in [1.165, 1.54) is 11.0 Å². The second kappa shape index (κ2) is 7.20. The highest BCUT2D eigenvalue weighted by Gasteiger charge is 2.35. The van der Waals surface area contributed by atoms with Crippen molar-refractivity contribution in [2.45, 2.75) is 18.9 Å². The summed E-state index contributed by atoms with van der Waals surface area (Å²) in [6.07, 6.45) is 2.95. The molecular formula is C17H15Cl2N3O2. The Bertz CT molecular complexity index is 768. The Morgan fingerprint density at radius 2 is 2.04 bits per heavy atom. The van der Waals surface area contributed by atoms with Crippen LogP contribution in [-0.4, -0.2) is 34.3 Å². The standard InChI is InChI=1S/C17H15Cl2N3O2/c18-11-6-7-13(19)12(10-11)17(24)22-9-3-4-14(22)16(23)21-15-5-1-2-8-20-15/h1-2,5-8,10,14H,3-4,9H2,(H,20,21,23)/t14-/m1/s1. The monoisotopic (exact) mass is 363 g/mol. The lowest BCUT2D eigenvalue weighted by atomic mass is 10.1. The number of carbonyl (C=O) groups excluding carboxylic acids is 2. The third-order valence-electron chi connectivity index (χ3n) is 3.89. The summed E-state index contributed by atoms with van der Waals surface area (Å²) in [5.74, 6) is -0.0820. The van der Waals surface area contributed by atoms with Gasteiger partial charge in [0.1, 0.15) is 11.9 Å². The van der Waals surface area contributed by atoms with E-state index in [1.807, 2.05) is 0 Å². The minimum Gasteiger partial charge on any atom is -0.327 e. The number of nitrogens with zero attached hydrogens (tertiary/aromatic N) is 2. The maximum Gasteiger partial charge on any atom is 0.256 e. The van der Waals surface area contributed by atoms with Gasteiger partial charge in [0.2, 0.25) is 5.91 Å². The molecule has 7 heteroatoms. The second-order valence-electron chi connectivity index (χ2n) is 5.48. The van der Waals surface area contributed by atoms with Gasteiger partial charge in [-0.25, -0.2) is 4.98 Å². The lowest BCUT2D eigenvalue weighted by Gasteiger charge is -2.24. The summed E-state index contributed by atoms with van der Waals surface area (Å²) in [4.78, 5) is 30.9. The zero-order valence-corrected chi connectivity index (χ0v) is 14.2. The van der Waals surface area contributed by atoms with Gasteiger partial charge in [0.15, 0.2) is 0 Å². The highest BCUT2D eigenvalue weighted by Crippen LogP contribution is 2.26. The van der Waals surface area contributed by atoms with E-state index in [-0.39, 0.29) is 11.8 Å². The third kappa shape index (κ3) is 3.52. The molecule has 1 aliphatic rings. The molecule has 5 nitrogen and oxygen atoms in total. The largest absolute Gasteiger partial charge is 0.327 e. The van der Waals surface area contributed by atoms with Crippen molar-refractivity contribution in [2.75, 3.05) is 11.9 Å². The summed E-state index contributed by atoms with van der Waals surface area (Å²) in [6, 6.07) is 9.43. The fourth-order valence-electron chi connectivity index (χ4n) is 2.74. The summed E-state index contributed by atoms with van der Waals surface area (Å²) in [6.45, 7) is 0.502. The maximum atomic E-state index is 12.8. The highest BCUT2D eigenvalue weighted by atomic mass is 35.5. The van der Waals surface area contributed by atoms with Crippen LogP contribution < -0.4 is 5.32 Å². The number of hydrogen-bond donors (Lipinski definition) is 1. The van der Waals surface area contributed by atoms with E-state index in [0.29, 0.717) is 34.4 Å². The van der Waals surface area contributed by atoms with Crippen LogP contribution in [0, 0.1) is 0 Å². The number of anilines is 1. The molecule has 124 valence electrons. The molecule has 1 atom stereocenters. The van der Waals surface area contributed by atoms with E-state index in [4.69, 9.17) is 23.2 Å². The Morgan fingerprint density at radius 1 is 1.21 bits per heavy atom. The lowest BCUT2D eigenvalue weighted by Crippen LogP contribution is -2.43. The average molecular weight is 364 g/mol. The number of carbonyl (C=O) groups is 2. The van der Waals surface area contributed by atoms with E-state index in [2.05, 4.69) is 10.3 Å². The first kappa shape index (κ1) is 16.7. The molecule has 2 heterocycles. The van der Waals surface area contributed by atoms with Gasteiger partial charge in [0.05, 0.1) is 10.6 Å². The van der Waals surface area contributed by atoms with Crippen molar-refractivity contribution in [3.8, 4) is 0 Å². The van der Waals surface area contributed by atoms with Gasteiger partial charge < -0.3 is 10.2 Å². The normalized spacial score (nSPS) is 16.9. The summed E-state index contributed by atoms with van der Waals surface area (Å²) < 4.78 is 0. The van der Waals surface area contributed by atoms with Crippen LogP contribution >= 0.6 is 23.2 Å². The van der Waals surface area contributed by atoms with Crippen molar-refractivity contribution in [3.05, 3.63) is 58.2 Å². The van der Waals surface area contributed by atoms with Crippen LogP contribution in [0.4, 0.5) is 5.82 Å². The van der Waals surface area contributed by atoms with Crippen LogP contribution in [0.5, 0.6) is 0 Å². The number of aromatic nitrogens is 1. The van der Waals surface area contributed by atoms with E-state index in [9.17, 15) is 9.59 Å². The zero-order valence-electron chi connectivity index (χ0n) is 12.7. The van der Waals surface area contributed by atoms with Crippen LogP contribution in [0.2, 0.25) is 10.0 Å². The summed E-state index contributed by atoms with van der Waals surface area (Å²) in [5.41, 5.74) is 0.307. The number of halogens is 2. The van der Waals surface area contributed by atoms with Gasteiger partial charge in [0.25, 0.3) is 5.91 Å². The molecule has 0 spiro atoms. The van der Waals surface area contributed by atoms with E-state index >= 15 is 0 Å². The molecule has 0 radical (unpaired) electrons. The van der Waals surface area contributed by atoms with Crippen molar-refractivity contribution < 1.29 is 9.59 Å². The first-order valence-corrected chi connectivity index (χ1v) is 8.30. The zero-order chi connectivity index (χ0) is 17.1. The Kier molecular flexibility index (Phi) is 5.02. The van der Waals surface area contributed by atoms with Gasteiger partial charge >= 0.3 is 0 Å². The fourth-order valence-corrected chi connectivity index (χ4v) is 3.12. The quantitative estimate of drug-likeness (QED) is 0.905. The second-order valence-corrected chi connectivity index (χ2v) is 6.33. The average Bonchev–Trinajstić information content (AvgIpc) is 3.07. The number of hydrogen-bond acceptors (Lipinski definition) is 3. The fraction of sp³-hybridized carbons (Fsp3) is 0.235. The van der Waals surface area contributed by atoms with E-state index in [1.54, 1.807) is 36.5 Å². The topological polar surface area (TPSA) is 62.3 Å². The van der Waals surface area contributed by atoms with E-state index in [0.717, 1.165) is 6.42 Å². The number of rotatable bonds is 3. The summed E-state index contributed by atoms with van der Waals surface area (Å²) in [7, 11) is 0. The van der Waals surface area contributed by atoms with Gasteiger partial charge in [-0.2, -0.15) is 0 Å². The van der Waals surface area contributed by atoms with Crippen LogP contribution in [0.25, 0.3) is 0 Å². The van der Waals surface area contributed by atoms with Crippen LogP contribution in [0.15, 0.2) is 42.6 Å². The first-order chi connectivity index (χ1) is 11.6. The van der Waals surface area contributed by atoms with Crippen LogP contribution in [0.1, 0.15) is 23.2 Å². The van der Waals surface area contributed by atoms with E-state index < -0.39 is 6.04 Å². The molecule has 0 unspecified atom stereocenters. The maximum absolute atomic E-state index is 12.8. The number of nitrogens with one attached hydrogen (secondary N) is 1. The molecule has 1 aromatic heterocycles. The van der Waals surface area contributed by atoms with Crippen molar-refractivity contribution in [1.82, 2.24) is 9.88 Å². The third-order valence-corrected chi connectivity index (χ3v) is 4.46. The number of amides is 2. The Balaban J connectivity index is 1.78. The molecule has 3 rings (SSSR count). The van der Waals surface area contributed by atoms with Crippen molar-refractivity contribution in [1.29, 1.82) is 0 Å². The predicted octanol–water partition coefficient (Wildman–Crippen LogP) is 3.63. The number of likely N-dealkylation sites (tertiary alicyclic amines) is 1. The SMILES string of the molecule is O=C(Nc1ccccn1)[C@H]1CCCN1C(=O)c1cc(Cl)ccc1Cl. The molecule has 1 aromatic carbocycles. The Morgan fingerprint density at radius 3 is 2.79 bits per heavy atom. The molecule has 2 amide bonds. The molecule has 2 aromatic rings. The van der Waals surface area contributed by atoms with Gasteiger partial charge in [-0.15, -0.1) is 0 Å². The molecule has 1 N–H and O–H groups in total. The molecule has 1 saturated heterocycles. The molecule has 1 fully saturated rings. The van der Waals surface area contributed by atoms with Crippen LogP contribution in [-0.2, 0) is 4.79 Å². The lowest BCUT2D eigenvalue weighted by molar-refractivity contribution is -0.119. The van der Waals surface area contributed by atoms with Gasteiger partial charge in [-0.3, -0.25) is 9.59 Å². The van der Waals surface area contributed by atoms with Crippen molar-refractivity contribution in [2.24, 2.45) is 0 Å². The molecular weight excluding hydrogens is 349 g/mol. The molecule has 24 heavy (non-hydrogen) atoms. The minimum atomic E-state index is -0.547. The number of benzene rings is 1. The minimum absolute atomic E-state index is 0.252.